The number of hydrogen-bond acceptors (Lipinski definition) is 8. The number of carbonyl (C=O) groups is 1. The van der Waals surface area contributed by atoms with Gasteiger partial charge in [-0.15, -0.1) is 15.3 Å². The van der Waals surface area contributed by atoms with Crippen LogP contribution in [0.3, 0.4) is 0 Å². The lowest BCUT2D eigenvalue weighted by Crippen LogP contribution is -2.02. The number of nitrogens with zero attached hydrogens (tertiary/aromatic N) is 7. The highest BCUT2D eigenvalue weighted by Gasteiger charge is 2.23. The zero-order valence-corrected chi connectivity index (χ0v) is 15.8. The van der Waals surface area contributed by atoms with Crippen molar-refractivity contribution in [3.05, 3.63) is 52.7 Å². The molecule has 0 atom stereocenters. The van der Waals surface area contributed by atoms with Gasteiger partial charge in [0.05, 0.1) is 18.4 Å². The maximum Gasteiger partial charge on any atom is 0.203 e. The van der Waals surface area contributed by atoms with Gasteiger partial charge in [-0.05, 0) is 30.4 Å². The molecule has 0 radical (unpaired) electrons. The second-order valence-electron chi connectivity index (χ2n) is 6.99. The first-order valence-electron chi connectivity index (χ1n) is 9.13. The van der Waals surface area contributed by atoms with Crippen LogP contribution in [0.5, 0.6) is 0 Å². The standard InChI is InChI=1S/C18H18N8OS/c19-18-23-22-17(28-18)6-4-15(27)14-10-26(24-21-14)9-13-8-25-7-12(11-1-2-11)3-5-16(25)20-13/h3,5,7-8,10-11H,1-2,4,6,9H2,(H2,19,23). The average Bonchev–Trinajstić information content (AvgIpc) is 3.09. The molecule has 0 aromatic carbocycles. The first-order chi connectivity index (χ1) is 13.6. The van der Waals surface area contributed by atoms with Gasteiger partial charge in [-0.1, -0.05) is 22.6 Å². The zero-order valence-electron chi connectivity index (χ0n) is 15.0. The number of imidazole rings is 1. The summed E-state index contributed by atoms with van der Waals surface area (Å²) >= 11 is 1.29. The molecule has 0 aliphatic heterocycles. The maximum atomic E-state index is 12.3. The van der Waals surface area contributed by atoms with Crippen molar-refractivity contribution in [1.29, 1.82) is 0 Å². The van der Waals surface area contributed by atoms with Gasteiger partial charge in [0.2, 0.25) is 5.13 Å². The van der Waals surface area contributed by atoms with Gasteiger partial charge in [-0.3, -0.25) is 4.79 Å². The fourth-order valence-corrected chi connectivity index (χ4v) is 3.79. The number of carbonyl (C=O) groups excluding carboxylic acids is 1. The number of ketones is 1. The van der Waals surface area contributed by atoms with Crippen molar-refractivity contribution in [3.8, 4) is 0 Å². The third-order valence-corrected chi connectivity index (χ3v) is 5.58. The van der Waals surface area contributed by atoms with Crippen LogP contribution in [0.1, 0.15) is 51.9 Å². The van der Waals surface area contributed by atoms with E-state index in [0.29, 0.717) is 36.1 Å². The number of aryl methyl sites for hydroxylation is 1. The number of nitrogens with two attached hydrogens (primary N) is 1. The van der Waals surface area contributed by atoms with Gasteiger partial charge in [0.1, 0.15) is 16.3 Å². The molecule has 1 aliphatic carbocycles. The van der Waals surface area contributed by atoms with E-state index in [1.807, 2.05) is 12.3 Å². The molecule has 142 valence electrons. The Morgan fingerprint density at radius 2 is 2.07 bits per heavy atom. The SMILES string of the molecule is Nc1nnc(CCC(=O)c2cn(Cc3cn4cc(C5CC5)ccc4n3)nn2)s1. The average molecular weight is 394 g/mol. The number of anilines is 1. The lowest BCUT2D eigenvalue weighted by Gasteiger charge is -1.98. The molecule has 5 rings (SSSR count). The molecule has 4 heterocycles. The van der Waals surface area contributed by atoms with Crippen LogP contribution in [-0.4, -0.2) is 40.4 Å². The van der Waals surface area contributed by atoms with E-state index < -0.39 is 0 Å². The van der Waals surface area contributed by atoms with Gasteiger partial charge in [0.15, 0.2) is 5.78 Å². The van der Waals surface area contributed by atoms with Crippen LogP contribution in [0.15, 0.2) is 30.7 Å². The number of aromatic nitrogens is 7. The Bertz CT molecular complexity index is 1160. The smallest absolute Gasteiger partial charge is 0.203 e. The van der Waals surface area contributed by atoms with Crippen LogP contribution < -0.4 is 5.73 Å². The van der Waals surface area contributed by atoms with E-state index in [9.17, 15) is 4.79 Å². The molecular formula is C18H18N8OS. The highest BCUT2D eigenvalue weighted by atomic mass is 32.1. The molecule has 28 heavy (non-hydrogen) atoms. The Balaban J connectivity index is 1.25. The van der Waals surface area contributed by atoms with Crippen molar-refractivity contribution in [2.75, 3.05) is 5.73 Å². The van der Waals surface area contributed by atoms with E-state index in [1.54, 1.807) is 10.9 Å². The quantitative estimate of drug-likeness (QED) is 0.477. The van der Waals surface area contributed by atoms with E-state index in [-0.39, 0.29) is 5.78 Å². The molecule has 1 saturated carbocycles. The van der Waals surface area contributed by atoms with E-state index >= 15 is 0 Å². The summed E-state index contributed by atoms with van der Waals surface area (Å²) in [7, 11) is 0. The fraction of sp³-hybridized carbons (Fsp3) is 0.333. The second-order valence-corrected chi connectivity index (χ2v) is 8.09. The molecule has 2 N–H and O–H groups in total. The topological polar surface area (TPSA) is 117 Å². The number of Topliss-reactive ketones (excluding diaryl/α,β-unsaturated/α-hetero) is 1. The molecule has 0 amide bonds. The van der Waals surface area contributed by atoms with E-state index in [2.05, 4.69) is 42.2 Å². The molecule has 0 unspecified atom stereocenters. The van der Waals surface area contributed by atoms with Crippen molar-refractivity contribution in [1.82, 2.24) is 34.6 Å². The molecular weight excluding hydrogens is 376 g/mol. The third-order valence-electron chi connectivity index (χ3n) is 4.77. The van der Waals surface area contributed by atoms with Crippen LogP contribution >= 0.6 is 11.3 Å². The molecule has 10 heteroatoms. The summed E-state index contributed by atoms with van der Waals surface area (Å²) in [5.74, 6) is 0.625. The van der Waals surface area contributed by atoms with Gasteiger partial charge >= 0.3 is 0 Å². The van der Waals surface area contributed by atoms with Crippen LogP contribution in [0.2, 0.25) is 0 Å². The van der Waals surface area contributed by atoms with E-state index in [0.717, 1.165) is 16.3 Å². The van der Waals surface area contributed by atoms with E-state index in [1.165, 1.54) is 29.7 Å². The molecule has 0 spiro atoms. The van der Waals surface area contributed by atoms with Crippen molar-refractivity contribution in [3.63, 3.8) is 0 Å². The van der Waals surface area contributed by atoms with Crippen LogP contribution in [0.4, 0.5) is 5.13 Å². The Morgan fingerprint density at radius 1 is 1.18 bits per heavy atom. The highest BCUT2D eigenvalue weighted by molar-refractivity contribution is 7.15. The molecule has 0 bridgehead atoms. The molecule has 4 aromatic rings. The van der Waals surface area contributed by atoms with Crippen LogP contribution in [0.25, 0.3) is 5.65 Å². The summed E-state index contributed by atoms with van der Waals surface area (Å²) in [5.41, 5.74) is 9.05. The first-order valence-corrected chi connectivity index (χ1v) is 9.94. The Kier molecular flexibility index (Phi) is 4.12. The lowest BCUT2D eigenvalue weighted by molar-refractivity contribution is 0.0978. The lowest BCUT2D eigenvalue weighted by atomic mass is 10.2. The van der Waals surface area contributed by atoms with Crippen LogP contribution in [0, 0.1) is 0 Å². The number of nitrogen functional groups attached to an aromatic ring is 1. The molecule has 4 aromatic heterocycles. The minimum absolute atomic E-state index is 0.0795. The third kappa shape index (κ3) is 3.50. The highest BCUT2D eigenvalue weighted by Crippen LogP contribution is 2.39. The van der Waals surface area contributed by atoms with Crippen molar-refractivity contribution in [2.24, 2.45) is 0 Å². The first kappa shape index (κ1) is 17.0. The summed E-state index contributed by atoms with van der Waals surface area (Å²) in [6, 6.07) is 4.20. The summed E-state index contributed by atoms with van der Waals surface area (Å²) in [5, 5.41) is 16.9. The summed E-state index contributed by atoms with van der Waals surface area (Å²) in [6.07, 6.45) is 9.16. The molecule has 1 fully saturated rings. The van der Waals surface area contributed by atoms with Crippen molar-refractivity contribution < 1.29 is 4.79 Å². The monoisotopic (exact) mass is 394 g/mol. The van der Waals surface area contributed by atoms with Crippen molar-refractivity contribution >= 4 is 27.9 Å². The molecule has 0 saturated heterocycles. The number of pyridine rings is 1. The number of rotatable bonds is 7. The molecule has 9 nitrogen and oxygen atoms in total. The van der Waals surface area contributed by atoms with Crippen molar-refractivity contribution in [2.45, 2.75) is 38.1 Å². The maximum absolute atomic E-state index is 12.3. The number of hydrogen-bond donors (Lipinski definition) is 1. The summed E-state index contributed by atoms with van der Waals surface area (Å²) in [6.45, 7) is 0.466. The summed E-state index contributed by atoms with van der Waals surface area (Å²) < 4.78 is 3.69. The van der Waals surface area contributed by atoms with Gasteiger partial charge in [0.25, 0.3) is 0 Å². The number of fused-ring (bicyclic) bond motifs is 1. The normalized spacial score (nSPS) is 14.0. The Labute approximate surface area is 164 Å². The van der Waals surface area contributed by atoms with Gasteiger partial charge < -0.3 is 10.1 Å². The van der Waals surface area contributed by atoms with E-state index in [4.69, 9.17) is 5.73 Å². The minimum Gasteiger partial charge on any atom is -0.374 e. The summed E-state index contributed by atoms with van der Waals surface area (Å²) in [4.78, 5) is 17.0. The Morgan fingerprint density at radius 3 is 2.86 bits per heavy atom. The van der Waals surface area contributed by atoms with Gasteiger partial charge in [0, 0.05) is 25.2 Å². The van der Waals surface area contributed by atoms with Gasteiger partial charge in [-0.25, -0.2) is 9.67 Å². The second kappa shape index (κ2) is 6.79. The predicted octanol–water partition coefficient (Wildman–Crippen LogP) is 2.10. The minimum atomic E-state index is -0.0795. The zero-order chi connectivity index (χ0) is 19.1. The van der Waals surface area contributed by atoms with Gasteiger partial charge in [-0.2, -0.15) is 0 Å². The predicted molar refractivity (Wildman–Crippen MR) is 103 cm³/mol. The fourth-order valence-electron chi connectivity index (χ4n) is 3.18. The Hall–Kier alpha value is -3.14. The molecule has 1 aliphatic rings. The van der Waals surface area contributed by atoms with Crippen LogP contribution in [-0.2, 0) is 13.0 Å². The largest absolute Gasteiger partial charge is 0.374 e.